The number of amides is 1. The van der Waals surface area contributed by atoms with E-state index in [0.717, 1.165) is 5.69 Å². The minimum Gasteiger partial charge on any atom is -0.463 e. The Morgan fingerprint density at radius 1 is 1.20 bits per heavy atom. The molecule has 1 heterocycles. The predicted molar refractivity (Wildman–Crippen MR) is 93.4 cm³/mol. The Kier molecular flexibility index (Phi) is 4.77. The molecule has 6 heteroatoms. The Morgan fingerprint density at radius 2 is 2.00 bits per heavy atom. The van der Waals surface area contributed by atoms with Crippen LogP contribution < -0.4 is 10.1 Å². The third-order valence-corrected chi connectivity index (χ3v) is 3.51. The van der Waals surface area contributed by atoms with Crippen LogP contribution in [-0.4, -0.2) is 21.8 Å². The van der Waals surface area contributed by atoms with Crippen LogP contribution in [0, 0.1) is 11.3 Å². The number of carbonyl (C=O) groups is 1. The lowest BCUT2D eigenvalue weighted by atomic mass is 10.2. The molecule has 3 aromatic rings. The molecule has 6 nitrogen and oxygen atoms in total. The predicted octanol–water partition coefficient (Wildman–Crippen LogP) is 3.15. The van der Waals surface area contributed by atoms with Crippen molar-refractivity contribution in [2.24, 2.45) is 0 Å². The van der Waals surface area contributed by atoms with Crippen LogP contribution in [0.1, 0.15) is 12.5 Å². The maximum atomic E-state index is 12.2. The molecule has 25 heavy (non-hydrogen) atoms. The maximum Gasteiger partial charge on any atom is 0.265 e. The van der Waals surface area contributed by atoms with Gasteiger partial charge in [0.05, 0.1) is 17.3 Å². The number of para-hydroxylation sites is 1. The number of aromatic nitrogens is 2. The standard InChI is InChI=1S/C19H16N4O2/c1-14(19(24)21-16-7-5-6-15(12-16)13-20)25-18-10-11-23(22-18)17-8-3-2-4-9-17/h2-12,14H,1H3,(H,21,24)/t14-/m1/s1. The fourth-order valence-electron chi connectivity index (χ4n) is 2.24. The summed E-state index contributed by atoms with van der Waals surface area (Å²) >= 11 is 0. The minimum atomic E-state index is -0.732. The van der Waals surface area contributed by atoms with Gasteiger partial charge >= 0.3 is 0 Å². The molecule has 0 saturated carbocycles. The molecule has 0 radical (unpaired) electrons. The largest absolute Gasteiger partial charge is 0.463 e. The molecule has 0 aliphatic carbocycles. The van der Waals surface area contributed by atoms with Gasteiger partial charge in [0.15, 0.2) is 6.10 Å². The number of hydrogen-bond donors (Lipinski definition) is 1. The Bertz CT molecular complexity index is 912. The normalized spacial score (nSPS) is 11.4. The average molecular weight is 332 g/mol. The second-order valence-electron chi connectivity index (χ2n) is 5.38. The lowest BCUT2D eigenvalue weighted by molar-refractivity contribution is -0.122. The fraction of sp³-hybridized carbons (Fsp3) is 0.105. The van der Waals surface area contributed by atoms with E-state index in [4.69, 9.17) is 10.00 Å². The second kappa shape index (κ2) is 7.32. The van der Waals surface area contributed by atoms with E-state index in [2.05, 4.69) is 10.4 Å². The van der Waals surface area contributed by atoms with Crippen molar-refractivity contribution in [3.8, 4) is 17.6 Å². The highest BCUT2D eigenvalue weighted by Crippen LogP contribution is 2.15. The summed E-state index contributed by atoms with van der Waals surface area (Å²) in [6.07, 6.45) is 1.04. The zero-order valence-corrected chi connectivity index (χ0v) is 13.6. The van der Waals surface area contributed by atoms with E-state index in [-0.39, 0.29) is 5.91 Å². The quantitative estimate of drug-likeness (QED) is 0.778. The topological polar surface area (TPSA) is 79.9 Å². The van der Waals surface area contributed by atoms with Crippen LogP contribution in [0.2, 0.25) is 0 Å². The Hall–Kier alpha value is -3.59. The van der Waals surface area contributed by atoms with Gasteiger partial charge in [0.1, 0.15) is 0 Å². The number of ether oxygens (including phenoxy) is 1. The van der Waals surface area contributed by atoms with Crippen molar-refractivity contribution in [1.29, 1.82) is 5.26 Å². The van der Waals surface area contributed by atoms with Gasteiger partial charge in [-0.15, -0.1) is 5.10 Å². The molecule has 3 rings (SSSR count). The van der Waals surface area contributed by atoms with Crippen LogP contribution in [0.5, 0.6) is 5.88 Å². The van der Waals surface area contributed by atoms with Crippen LogP contribution >= 0.6 is 0 Å². The van der Waals surface area contributed by atoms with Crippen LogP contribution in [0.4, 0.5) is 5.69 Å². The first-order chi connectivity index (χ1) is 12.2. The Balaban J connectivity index is 1.64. The van der Waals surface area contributed by atoms with Gasteiger partial charge in [0.25, 0.3) is 5.91 Å². The van der Waals surface area contributed by atoms with Crippen molar-refractivity contribution >= 4 is 11.6 Å². The molecule has 0 saturated heterocycles. The summed E-state index contributed by atoms with van der Waals surface area (Å²) in [5.41, 5.74) is 1.94. The van der Waals surface area contributed by atoms with Crippen molar-refractivity contribution in [1.82, 2.24) is 9.78 Å². The summed E-state index contributed by atoms with van der Waals surface area (Å²) in [5.74, 6) is 0.0432. The number of nitrogens with one attached hydrogen (secondary N) is 1. The van der Waals surface area contributed by atoms with E-state index in [1.54, 1.807) is 48.1 Å². The fourth-order valence-corrected chi connectivity index (χ4v) is 2.24. The number of anilines is 1. The highest BCUT2D eigenvalue weighted by molar-refractivity contribution is 5.94. The first-order valence-corrected chi connectivity index (χ1v) is 7.74. The Morgan fingerprint density at radius 3 is 2.76 bits per heavy atom. The molecule has 0 unspecified atom stereocenters. The van der Waals surface area contributed by atoms with Gasteiger partial charge in [0, 0.05) is 18.0 Å². The number of hydrogen-bond acceptors (Lipinski definition) is 4. The van der Waals surface area contributed by atoms with Crippen LogP contribution in [0.25, 0.3) is 5.69 Å². The van der Waals surface area contributed by atoms with E-state index in [1.165, 1.54) is 0 Å². The maximum absolute atomic E-state index is 12.2. The molecule has 1 aromatic heterocycles. The van der Waals surface area contributed by atoms with Crippen molar-refractivity contribution in [3.63, 3.8) is 0 Å². The summed E-state index contributed by atoms with van der Waals surface area (Å²) in [5, 5.41) is 15.9. The number of carbonyl (C=O) groups excluding carboxylic acids is 1. The number of nitriles is 1. The lowest BCUT2D eigenvalue weighted by Gasteiger charge is -2.13. The van der Waals surface area contributed by atoms with E-state index in [0.29, 0.717) is 17.1 Å². The molecule has 0 fully saturated rings. The van der Waals surface area contributed by atoms with Crippen LogP contribution in [0.15, 0.2) is 66.9 Å². The zero-order chi connectivity index (χ0) is 17.6. The van der Waals surface area contributed by atoms with E-state index in [9.17, 15) is 4.79 Å². The average Bonchev–Trinajstić information content (AvgIpc) is 3.11. The summed E-state index contributed by atoms with van der Waals surface area (Å²) in [7, 11) is 0. The Labute approximate surface area is 145 Å². The van der Waals surface area contributed by atoms with Gasteiger partial charge in [-0.25, -0.2) is 4.68 Å². The molecule has 2 aromatic carbocycles. The molecule has 1 amide bonds. The zero-order valence-electron chi connectivity index (χ0n) is 13.6. The van der Waals surface area contributed by atoms with Crippen molar-refractivity contribution in [2.75, 3.05) is 5.32 Å². The number of nitrogens with zero attached hydrogens (tertiary/aromatic N) is 3. The van der Waals surface area contributed by atoms with E-state index >= 15 is 0 Å². The van der Waals surface area contributed by atoms with E-state index in [1.807, 2.05) is 36.4 Å². The van der Waals surface area contributed by atoms with E-state index < -0.39 is 6.10 Å². The van der Waals surface area contributed by atoms with Gasteiger partial charge in [-0.05, 0) is 37.3 Å². The third-order valence-electron chi connectivity index (χ3n) is 3.51. The SMILES string of the molecule is C[C@@H](Oc1ccn(-c2ccccc2)n1)C(=O)Nc1cccc(C#N)c1. The highest BCUT2D eigenvalue weighted by Gasteiger charge is 2.16. The molecule has 0 aliphatic rings. The van der Waals surface area contributed by atoms with Crippen LogP contribution in [-0.2, 0) is 4.79 Å². The third kappa shape index (κ3) is 4.03. The van der Waals surface area contributed by atoms with Gasteiger partial charge in [-0.1, -0.05) is 24.3 Å². The summed E-state index contributed by atoms with van der Waals surface area (Å²) in [4.78, 5) is 12.2. The lowest BCUT2D eigenvalue weighted by Crippen LogP contribution is -2.30. The first kappa shape index (κ1) is 16.3. The molecular formula is C19H16N4O2. The summed E-state index contributed by atoms with van der Waals surface area (Å²) < 4.78 is 7.27. The monoisotopic (exact) mass is 332 g/mol. The number of benzene rings is 2. The molecule has 124 valence electrons. The van der Waals surface area contributed by atoms with Crippen LogP contribution in [0.3, 0.4) is 0 Å². The molecule has 0 bridgehead atoms. The second-order valence-corrected chi connectivity index (χ2v) is 5.38. The highest BCUT2D eigenvalue weighted by atomic mass is 16.5. The molecular weight excluding hydrogens is 316 g/mol. The van der Waals surface area contributed by atoms with Gasteiger partial charge in [0.2, 0.25) is 5.88 Å². The minimum absolute atomic E-state index is 0.315. The first-order valence-electron chi connectivity index (χ1n) is 7.74. The van der Waals surface area contributed by atoms with Gasteiger partial charge < -0.3 is 10.1 Å². The summed E-state index contributed by atoms with van der Waals surface area (Å²) in [6.45, 7) is 1.64. The van der Waals surface area contributed by atoms with Crippen molar-refractivity contribution < 1.29 is 9.53 Å². The van der Waals surface area contributed by atoms with Gasteiger partial charge in [-0.3, -0.25) is 4.79 Å². The smallest absolute Gasteiger partial charge is 0.265 e. The molecule has 1 N–H and O–H groups in total. The number of rotatable bonds is 5. The molecule has 1 atom stereocenters. The van der Waals surface area contributed by atoms with Gasteiger partial charge in [-0.2, -0.15) is 5.26 Å². The summed E-state index contributed by atoms with van der Waals surface area (Å²) in [6, 6.07) is 20.1. The van der Waals surface area contributed by atoms with Crippen molar-refractivity contribution in [3.05, 3.63) is 72.4 Å². The molecule has 0 spiro atoms. The van der Waals surface area contributed by atoms with Crippen molar-refractivity contribution in [2.45, 2.75) is 13.0 Å². The molecule has 0 aliphatic heterocycles.